The summed E-state index contributed by atoms with van der Waals surface area (Å²) in [7, 11) is 0. The second-order valence-electron chi connectivity index (χ2n) is 12.8. The fourth-order valence-corrected chi connectivity index (χ4v) is 6.87. The number of aromatic nitrogens is 4. The number of amides is 2. The predicted octanol–water partition coefficient (Wildman–Crippen LogP) is 5.95. The minimum atomic E-state index is -1.89. The third kappa shape index (κ3) is 5.91. The lowest BCUT2D eigenvalue weighted by Gasteiger charge is -2.33. The Labute approximate surface area is 261 Å². The molecule has 1 saturated heterocycles. The van der Waals surface area contributed by atoms with E-state index in [0.29, 0.717) is 18.2 Å². The largest absolute Gasteiger partial charge is 0.381 e. The number of aromatic amines is 1. The monoisotopic (exact) mass is 610 g/mol. The molecule has 10 heteroatoms. The normalized spacial score (nSPS) is 19.8. The molecule has 4 aromatic rings. The number of halogens is 1. The molecule has 234 valence electrons. The molecule has 0 spiro atoms. The first kappa shape index (κ1) is 29.4. The van der Waals surface area contributed by atoms with E-state index in [1.54, 1.807) is 0 Å². The van der Waals surface area contributed by atoms with Gasteiger partial charge in [0.15, 0.2) is 5.67 Å². The molecule has 2 aromatic carbocycles. The zero-order valence-electron chi connectivity index (χ0n) is 25.7. The van der Waals surface area contributed by atoms with E-state index in [-0.39, 0.29) is 24.7 Å². The average molecular weight is 611 g/mol. The number of ether oxygens (including phenoxy) is 1. The van der Waals surface area contributed by atoms with Gasteiger partial charge in [-0.05, 0) is 93.2 Å². The van der Waals surface area contributed by atoms with Crippen LogP contribution in [0.4, 0.5) is 10.1 Å². The molecule has 0 radical (unpaired) electrons. The van der Waals surface area contributed by atoms with E-state index in [1.807, 2.05) is 49.0 Å². The Balaban J connectivity index is 1.16. The van der Waals surface area contributed by atoms with Crippen molar-refractivity contribution in [3.8, 4) is 22.3 Å². The van der Waals surface area contributed by atoms with Gasteiger partial charge in [-0.1, -0.05) is 30.3 Å². The van der Waals surface area contributed by atoms with Gasteiger partial charge in [-0.2, -0.15) is 10.2 Å². The molecular weight excluding hydrogens is 571 g/mol. The van der Waals surface area contributed by atoms with Crippen LogP contribution in [0.15, 0.2) is 54.9 Å². The SMILES string of the molecule is Cc1n[nH]c(C)c1-c1ccc(NC(=O)[C@@H](NC(=O)C2(F)CC2)[C@@H]2CCCc3ccc(-c4cnn(C5CCOCC5)c4)cc32)cc1. The maximum absolute atomic E-state index is 14.9. The molecule has 7 rings (SSSR count). The van der Waals surface area contributed by atoms with Crippen molar-refractivity contribution in [2.45, 2.75) is 82.5 Å². The van der Waals surface area contributed by atoms with Crippen LogP contribution in [-0.4, -0.2) is 56.7 Å². The highest BCUT2D eigenvalue weighted by Gasteiger charge is 2.52. The van der Waals surface area contributed by atoms with Gasteiger partial charge < -0.3 is 15.4 Å². The summed E-state index contributed by atoms with van der Waals surface area (Å²) in [6, 6.07) is 13.3. The van der Waals surface area contributed by atoms with E-state index in [9.17, 15) is 14.0 Å². The number of aryl methyl sites for hydroxylation is 3. The van der Waals surface area contributed by atoms with Crippen molar-refractivity contribution in [1.82, 2.24) is 25.3 Å². The van der Waals surface area contributed by atoms with Crippen molar-refractivity contribution < 1.29 is 18.7 Å². The van der Waals surface area contributed by atoms with Crippen molar-refractivity contribution in [3.63, 3.8) is 0 Å². The lowest BCUT2D eigenvalue weighted by molar-refractivity contribution is -0.131. The van der Waals surface area contributed by atoms with Crippen molar-refractivity contribution in [1.29, 1.82) is 0 Å². The number of nitrogens with zero attached hydrogens (tertiary/aromatic N) is 3. The number of anilines is 1. The quantitative estimate of drug-likeness (QED) is 0.228. The van der Waals surface area contributed by atoms with Crippen LogP contribution >= 0.6 is 0 Å². The number of hydrogen-bond acceptors (Lipinski definition) is 5. The summed E-state index contributed by atoms with van der Waals surface area (Å²) in [4.78, 5) is 27.0. The fourth-order valence-electron chi connectivity index (χ4n) is 6.87. The third-order valence-corrected chi connectivity index (χ3v) is 9.64. The first-order valence-electron chi connectivity index (χ1n) is 16.0. The summed E-state index contributed by atoms with van der Waals surface area (Å²) in [5, 5.41) is 17.8. The molecule has 2 fully saturated rings. The minimum absolute atomic E-state index is 0.185. The minimum Gasteiger partial charge on any atom is -0.381 e. The number of fused-ring (bicyclic) bond motifs is 1. The third-order valence-electron chi connectivity index (χ3n) is 9.64. The number of hydrogen-bond donors (Lipinski definition) is 3. The highest BCUT2D eigenvalue weighted by atomic mass is 19.1. The molecule has 1 aliphatic heterocycles. The van der Waals surface area contributed by atoms with Crippen LogP contribution in [0.1, 0.15) is 73.0 Å². The van der Waals surface area contributed by atoms with Gasteiger partial charge in [-0.3, -0.25) is 19.4 Å². The number of rotatable bonds is 8. The van der Waals surface area contributed by atoms with Crippen LogP contribution in [0.3, 0.4) is 0 Å². The topological polar surface area (TPSA) is 114 Å². The predicted molar refractivity (Wildman–Crippen MR) is 170 cm³/mol. The molecule has 45 heavy (non-hydrogen) atoms. The molecular formula is C35H39FN6O3. The van der Waals surface area contributed by atoms with E-state index in [0.717, 1.165) is 83.7 Å². The molecule has 3 aliphatic rings. The number of carbonyl (C=O) groups is 2. The van der Waals surface area contributed by atoms with Crippen molar-refractivity contribution in [2.24, 2.45) is 0 Å². The summed E-state index contributed by atoms with van der Waals surface area (Å²) in [6.45, 7) is 5.40. The van der Waals surface area contributed by atoms with Gasteiger partial charge in [-0.25, -0.2) is 4.39 Å². The van der Waals surface area contributed by atoms with E-state index >= 15 is 0 Å². The summed E-state index contributed by atoms with van der Waals surface area (Å²) >= 11 is 0. The van der Waals surface area contributed by atoms with Gasteiger partial charge >= 0.3 is 0 Å². The summed E-state index contributed by atoms with van der Waals surface area (Å²) in [6.07, 6.45) is 8.67. The van der Waals surface area contributed by atoms with Crippen LogP contribution in [-0.2, 0) is 20.7 Å². The molecule has 2 atom stereocenters. The van der Waals surface area contributed by atoms with Crippen LogP contribution in [0.5, 0.6) is 0 Å². The van der Waals surface area contributed by atoms with Gasteiger partial charge in [0, 0.05) is 47.8 Å². The van der Waals surface area contributed by atoms with E-state index < -0.39 is 17.6 Å². The zero-order chi connectivity index (χ0) is 31.1. The second kappa shape index (κ2) is 11.9. The van der Waals surface area contributed by atoms with E-state index in [2.05, 4.69) is 50.3 Å². The Morgan fingerprint density at radius 2 is 1.80 bits per heavy atom. The van der Waals surface area contributed by atoms with Gasteiger partial charge in [-0.15, -0.1) is 0 Å². The lowest BCUT2D eigenvalue weighted by atomic mass is 9.77. The molecule has 1 saturated carbocycles. The van der Waals surface area contributed by atoms with Gasteiger partial charge in [0.1, 0.15) is 6.04 Å². The zero-order valence-corrected chi connectivity index (χ0v) is 25.7. The average Bonchev–Trinajstić information content (AvgIpc) is 3.46. The molecule has 3 N–H and O–H groups in total. The van der Waals surface area contributed by atoms with Crippen LogP contribution in [0, 0.1) is 13.8 Å². The van der Waals surface area contributed by atoms with Crippen molar-refractivity contribution >= 4 is 17.5 Å². The lowest BCUT2D eigenvalue weighted by Crippen LogP contribution is -2.51. The number of benzene rings is 2. The first-order valence-corrected chi connectivity index (χ1v) is 16.0. The van der Waals surface area contributed by atoms with Crippen LogP contribution < -0.4 is 10.6 Å². The number of nitrogens with one attached hydrogen (secondary N) is 3. The molecule has 0 unspecified atom stereocenters. The molecule has 3 heterocycles. The summed E-state index contributed by atoms with van der Waals surface area (Å²) < 4.78 is 22.5. The standard InChI is InChI=1S/C35H39FN6O3/c1-21-31(22(2)41-40-21)24-8-10-27(11-9-24)38-33(43)32(39-34(44)35(36)14-15-35)29-5-3-4-23-6-7-25(18-30(23)29)26-19-37-42(20-26)28-12-16-45-17-13-28/h6-11,18-20,28-29,32H,3-5,12-17H2,1-2H3,(H,38,43)(H,39,44)(H,40,41)/t29-,32+/m1/s1. The fraction of sp³-hybridized carbons (Fsp3) is 0.429. The highest BCUT2D eigenvalue weighted by molar-refractivity contribution is 6.00. The Morgan fingerprint density at radius 3 is 2.51 bits per heavy atom. The number of H-pyrrole nitrogens is 1. The molecule has 0 bridgehead atoms. The van der Waals surface area contributed by atoms with Gasteiger partial charge in [0.2, 0.25) is 5.91 Å². The Kier molecular flexibility index (Phi) is 7.77. The molecule has 2 aromatic heterocycles. The van der Waals surface area contributed by atoms with Crippen LogP contribution in [0.2, 0.25) is 0 Å². The first-order chi connectivity index (χ1) is 21.8. The maximum atomic E-state index is 14.9. The summed E-state index contributed by atoms with van der Waals surface area (Å²) in [5.74, 6) is -1.36. The number of carbonyl (C=O) groups excluding carboxylic acids is 2. The Morgan fingerprint density at radius 1 is 1.04 bits per heavy atom. The van der Waals surface area contributed by atoms with Crippen molar-refractivity contribution in [3.05, 3.63) is 77.4 Å². The molecule has 2 aliphatic carbocycles. The van der Waals surface area contributed by atoms with E-state index in [1.165, 1.54) is 0 Å². The smallest absolute Gasteiger partial charge is 0.258 e. The maximum Gasteiger partial charge on any atom is 0.258 e. The molecule has 2 amide bonds. The molecule has 9 nitrogen and oxygen atoms in total. The van der Waals surface area contributed by atoms with Crippen LogP contribution in [0.25, 0.3) is 22.3 Å². The van der Waals surface area contributed by atoms with Crippen molar-refractivity contribution in [2.75, 3.05) is 18.5 Å². The second-order valence-corrected chi connectivity index (χ2v) is 12.8. The Hall–Kier alpha value is -4.31. The Bertz CT molecular complexity index is 1700. The number of alkyl halides is 1. The summed E-state index contributed by atoms with van der Waals surface area (Å²) in [5.41, 5.74) is 6.78. The highest BCUT2D eigenvalue weighted by Crippen LogP contribution is 2.42. The van der Waals surface area contributed by atoms with E-state index in [4.69, 9.17) is 4.74 Å². The van der Waals surface area contributed by atoms with Gasteiger partial charge in [0.05, 0.1) is 17.9 Å². The van der Waals surface area contributed by atoms with Gasteiger partial charge in [0.25, 0.3) is 5.91 Å².